The van der Waals surface area contributed by atoms with Crippen molar-refractivity contribution in [3.63, 3.8) is 0 Å². The summed E-state index contributed by atoms with van der Waals surface area (Å²) in [5.41, 5.74) is 6.76. The van der Waals surface area contributed by atoms with Gasteiger partial charge in [0.15, 0.2) is 0 Å². The monoisotopic (exact) mass is 266 g/mol. The summed E-state index contributed by atoms with van der Waals surface area (Å²) in [6, 6.07) is 4.58. The Bertz CT molecular complexity index is 423. The van der Waals surface area contributed by atoms with Crippen LogP contribution in [0.2, 0.25) is 0 Å². The van der Waals surface area contributed by atoms with Gasteiger partial charge in [-0.1, -0.05) is 13.8 Å². The molecule has 0 spiro atoms. The summed E-state index contributed by atoms with van der Waals surface area (Å²) in [7, 11) is 0. The molecule has 1 aromatic rings. The van der Waals surface area contributed by atoms with E-state index in [4.69, 9.17) is 5.73 Å². The van der Waals surface area contributed by atoms with Gasteiger partial charge >= 0.3 is 0 Å². The Morgan fingerprint density at radius 1 is 1.32 bits per heavy atom. The molecule has 1 aromatic carbocycles. The van der Waals surface area contributed by atoms with Crippen LogP contribution >= 0.6 is 0 Å². The number of nitrogens with one attached hydrogen (secondary N) is 1. The van der Waals surface area contributed by atoms with Crippen molar-refractivity contribution in [2.24, 2.45) is 0 Å². The maximum absolute atomic E-state index is 10.7. The number of hydrogen-bond donors (Lipinski definition) is 2. The van der Waals surface area contributed by atoms with E-state index in [2.05, 4.69) is 24.1 Å². The lowest BCUT2D eigenvalue weighted by Gasteiger charge is -2.19. The highest BCUT2D eigenvalue weighted by Gasteiger charge is 2.08. The van der Waals surface area contributed by atoms with E-state index in [1.807, 2.05) is 0 Å². The van der Waals surface area contributed by atoms with Crippen LogP contribution in [-0.4, -0.2) is 36.0 Å². The molecule has 6 heteroatoms. The Hall–Kier alpha value is -1.82. The highest BCUT2D eigenvalue weighted by molar-refractivity contribution is 5.61. The minimum atomic E-state index is -0.434. The predicted octanol–water partition coefficient (Wildman–Crippen LogP) is 2.32. The van der Waals surface area contributed by atoms with Crippen molar-refractivity contribution in [2.45, 2.75) is 20.3 Å². The first-order chi connectivity index (χ1) is 9.06. The van der Waals surface area contributed by atoms with Crippen LogP contribution < -0.4 is 11.1 Å². The Labute approximate surface area is 113 Å². The van der Waals surface area contributed by atoms with Gasteiger partial charge < -0.3 is 16.0 Å². The van der Waals surface area contributed by atoms with Crippen molar-refractivity contribution >= 4 is 17.1 Å². The summed E-state index contributed by atoms with van der Waals surface area (Å²) in [6.45, 7) is 8.00. The van der Waals surface area contributed by atoms with Crippen LogP contribution in [0.15, 0.2) is 18.2 Å². The van der Waals surface area contributed by atoms with Crippen LogP contribution in [0.25, 0.3) is 0 Å². The molecule has 0 aliphatic rings. The molecule has 0 amide bonds. The zero-order chi connectivity index (χ0) is 14.3. The number of anilines is 2. The Balaban J connectivity index is 2.55. The first-order valence-corrected chi connectivity index (χ1v) is 6.58. The number of non-ortho nitro benzene ring substituents is 1. The summed E-state index contributed by atoms with van der Waals surface area (Å²) in [5, 5.41) is 13.9. The van der Waals surface area contributed by atoms with Crippen LogP contribution in [0.4, 0.5) is 17.1 Å². The van der Waals surface area contributed by atoms with E-state index >= 15 is 0 Å². The number of benzene rings is 1. The van der Waals surface area contributed by atoms with Gasteiger partial charge in [0.05, 0.1) is 4.92 Å². The molecular weight excluding hydrogens is 244 g/mol. The molecule has 0 aliphatic carbocycles. The minimum absolute atomic E-state index is 0.0170. The largest absolute Gasteiger partial charge is 0.398 e. The number of nitro groups is 1. The summed E-state index contributed by atoms with van der Waals surface area (Å²) in [4.78, 5) is 12.6. The summed E-state index contributed by atoms with van der Waals surface area (Å²) < 4.78 is 0. The lowest BCUT2D eigenvalue weighted by Crippen LogP contribution is -2.29. The fourth-order valence-electron chi connectivity index (χ4n) is 1.94. The van der Waals surface area contributed by atoms with Crippen LogP contribution in [-0.2, 0) is 0 Å². The number of nitrogen functional groups attached to an aromatic ring is 1. The lowest BCUT2D eigenvalue weighted by molar-refractivity contribution is -0.384. The number of nitrogens with two attached hydrogens (primary N) is 1. The third-order valence-corrected chi connectivity index (χ3v) is 2.90. The molecule has 0 radical (unpaired) electrons. The van der Waals surface area contributed by atoms with E-state index in [0.29, 0.717) is 11.4 Å². The van der Waals surface area contributed by atoms with Crippen molar-refractivity contribution in [1.29, 1.82) is 0 Å². The second-order valence-electron chi connectivity index (χ2n) is 4.43. The molecule has 0 atom stereocenters. The normalized spacial score (nSPS) is 10.7. The summed E-state index contributed by atoms with van der Waals surface area (Å²) >= 11 is 0. The molecule has 0 saturated heterocycles. The molecule has 1 rings (SSSR count). The van der Waals surface area contributed by atoms with Crippen LogP contribution in [0.5, 0.6) is 0 Å². The Morgan fingerprint density at radius 2 is 2.05 bits per heavy atom. The molecule has 19 heavy (non-hydrogen) atoms. The van der Waals surface area contributed by atoms with E-state index in [0.717, 1.165) is 32.6 Å². The fraction of sp³-hybridized carbons (Fsp3) is 0.538. The number of rotatable bonds is 8. The standard InChI is InChI=1S/C13H22N4O2/c1-3-6-16(4-2)7-5-15-12-8-11(14)9-13(10-12)17(18)19/h8-10,15H,3-7,14H2,1-2H3. The number of hydrogen-bond acceptors (Lipinski definition) is 5. The van der Waals surface area contributed by atoms with Gasteiger partial charge in [0.1, 0.15) is 0 Å². The maximum atomic E-state index is 10.7. The number of likely N-dealkylation sites (N-methyl/N-ethyl adjacent to an activating group) is 1. The van der Waals surface area contributed by atoms with Gasteiger partial charge in [-0.05, 0) is 25.6 Å². The molecular formula is C13H22N4O2. The van der Waals surface area contributed by atoms with Gasteiger partial charge in [-0.25, -0.2) is 0 Å². The number of nitro benzene ring substituents is 1. The van der Waals surface area contributed by atoms with Gasteiger partial charge in [-0.15, -0.1) is 0 Å². The average molecular weight is 266 g/mol. The van der Waals surface area contributed by atoms with Gasteiger partial charge in [0.25, 0.3) is 5.69 Å². The molecule has 0 aliphatic heterocycles. The van der Waals surface area contributed by atoms with E-state index in [1.54, 1.807) is 6.07 Å². The Kier molecular flexibility index (Phi) is 6.08. The van der Waals surface area contributed by atoms with Gasteiger partial charge in [0.2, 0.25) is 0 Å². The quantitative estimate of drug-likeness (QED) is 0.428. The van der Waals surface area contributed by atoms with E-state index in [9.17, 15) is 10.1 Å². The van der Waals surface area contributed by atoms with E-state index < -0.39 is 4.92 Å². The molecule has 0 fully saturated rings. The first-order valence-electron chi connectivity index (χ1n) is 6.58. The third kappa shape index (κ3) is 5.13. The van der Waals surface area contributed by atoms with E-state index in [-0.39, 0.29) is 5.69 Å². The topological polar surface area (TPSA) is 84.4 Å². The second-order valence-corrected chi connectivity index (χ2v) is 4.43. The van der Waals surface area contributed by atoms with Crippen molar-refractivity contribution in [2.75, 3.05) is 37.2 Å². The zero-order valence-electron chi connectivity index (χ0n) is 11.6. The van der Waals surface area contributed by atoms with Crippen LogP contribution in [0.3, 0.4) is 0 Å². The first kappa shape index (κ1) is 15.2. The fourth-order valence-corrected chi connectivity index (χ4v) is 1.94. The molecule has 6 nitrogen and oxygen atoms in total. The predicted molar refractivity (Wildman–Crippen MR) is 78.4 cm³/mol. The van der Waals surface area contributed by atoms with Gasteiger partial charge in [-0.3, -0.25) is 10.1 Å². The van der Waals surface area contributed by atoms with E-state index in [1.165, 1.54) is 12.1 Å². The summed E-state index contributed by atoms with van der Waals surface area (Å²) in [5.74, 6) is 0. The van der Waals surface area contributed by atoms with Crippen LogP contribution in [0.1, 0.15) is 20.3 Å². The van der Waals surface area contributed by atoms with Gasteiger partial charge in [0, 0.05) is 36.6 Å². The lowest BCUT2D eigenvalue weighted by atomic mass is 10.2. The van der Waals surface area contributed by atoms with Crippen molar-refractivity contribution < 1.29 is 4.92 Å². The Morgan fingerprint density at radius 3 is 2.63 bits per heavy atom. The van der Waals surface area contributed by atoms with Crippen LogP contribution in [0, 0.1) is 10.1 Å². The highest BCUT2D eigenvalue weighted by Crippen LogP contribution is 2.22. The molecule has 3 N–H and O–H groups in total. The summed E-state index contributed by atoms with van der Waals surface area (Å²) in [6.07, 6.45) is 1.12. The smallest absolute Gasteiger partial charge is 0.273 e. The highest BCUT2D eigenvalue weighted by atomic mass is 16.6. The zero-order valence-corrected chi connectivity index (χ0v) is 11.6. The number of nitrogens with zero attached hydrogens (tertiary/aromatic N) is 2. The molecule has 0 saturated carbocycles. The van der Waals surface area contributed by atoms with Crippen molar-refractivity contribution in [1.82, 2.24) is 4.90 Å². The average Bonchev–Trinajstić information content (AvgIpc) is 2.37. The molecule has 0 bridgehead atoms. The third-order valence-electron chi connectivity index (χ3n) is 2.90. The molecule has 0 aromatic heterocycles. The minimum Gasteiger partial charge on any atom is -0.398 e. The molecule has 0 unspecified atom stereocenters. The molecule has 106 valence electrons. The van der Waals surface area contributed by atoms with Crippen molar-refractivity contribution in [3.8, 4) is 0 Å². The maximum Gasteiger partial charge on any atom is 0.273 e. The SMILES string of the molecule is CCCN(CC)CCNc1cc(N)cc([N+](=O)[O-])c1. The van der Waals surface area contributed by atoms with Gasteiger partial charge in [-0.2, -0.15) is 0 Å². The molecule has 0 heterocycles. The second kappa shape index (κ2) is 7.58. The van der Waals surface area contributed by atoms with Crippen molar-refractivity contribution in [3.05, 3.63) is 28.3 Å².